The predicted molar refractivity (Wildman–Crippen MR) is 79.7 cm³/mol. The first-order chi connectivity index (χ1) is 8.99. The van der Waals surface area contributed by atoms with E-state index in [1.54, 1.807) is 12.1 Å². The van der Waals surface area contributed by atoms with E-state index in [-0.39, 0.29) is 5.91 Å². The standard InChI is InChI=1S/C14H22N4O/c1-11(2)16-17-14(19)12-5-7-13(8-6-12)15-9-10-18(3)4/h5-8,15H,9-10H2,1-4H3,(H,17,19). The first kappa shape index (κ1) is 15.2. The molecule has 5 nitrogen and oxygen atoms in total. The number of benzene rings is 1. The van der Waals surface area contributed by atoms with E-state index in [4.69, 9.17) is 0 Å². The van der Waals surface area contributed by atoms with Crippen LogP contribution in [-0.2, 0) is 0 Å². The molecular formula is C14H22N4O. The number of hydrogen-bond donors (Lipinski definition) is 2. The van der Waals surface area contributed by atoms with E-state index in [0.717, 1.165) is 24.5 Å². The molecule has 1 rings (SSSR count). The quantitative estimate of drug-likeness (QED) is 0.607. The number of nitrogens with zero attached hydrogens (tertiary/aromatic N) is 2. The van der Waals surface area contributed by atoms with Gasteiger partial charge in [-0.25, -0.2) is 5.43 Å². The lowest BCUT2D eigenvalue weighted by Crippen LogP contribution is -2.21. The van der Waals surface area contributed by atoms with Crippen molar-refractivity contribution in [3.8, 4) is 0 Å². The molecule has 0 aliphatic heterocycles. The Labute approximate surface area is 114 Å². The molecule has 0 aromatic heterocycles. The summed E-state index contributed by atoms with van der Waals surface area (Å²) < 4.78 is 0. The van der Waals surface area contributed by atoms with Gasteiger partial charge in [-0.15, -0.1) is 0 Å². The van der Waals surface area contributed by atoms with Gasteiger partial charge in [-0.3, -0.25) is 4.79 Å². The number of rotatable bonds is 6. The van der Waals surface area contributed by atoms with Crippen LogP contribution >= 0.6 is 0 Å². The summed E-state index contributed by atoms with van der Waals surface area (Å²) in [6.45, 7) is 5.50. The summed E-state index contributed by atoms with van der Waals surface area (Å²) in [6, 6.07) is 7.36. The number of carbonyl (C=O) groups excluding carboxylic acids is 1. The Balaban J connectivity index is 2.51. The summed E-state index contributed by atoms with van der Waals surface area (Å²) >= 11 is 0. The topological polar surface area (TPSA) is 56.7 Å². The lowest BCUT2D eigenvalue weighted by Gasteiger charge is -2.11. The second-order valence-electron chi connectivity index (χ2n) is 4.81. The van der Waals surface area contributed by atoms with Gasteiger partial charge in [0.05, 0.1) is 0 Å². The third-order valence-electron chi connectivity index (χ3n) is 2.42. The molecule has 0 heterocycles. The van der Waals surface area contributed by atoms with Gasteiger partial charge in [-0.1, -0.05) is 0 Å². The van der Waals surface area contributed by atoms with E-state index in [2.05, 4.69) is 20.7 Å². The van der Waals surface area contributed by atoms with Gasteiger partial charge >= 0.3 is 0 Å². The normalized spacial score (nSPS) is 10.2. The third kappa shape index (κ3) is 6.01. The maximum atomic E-state index is 11.7. The molecule has 0 unspecified atom stereocenters. The monoisotopic (exact) mass is 262 g/mol. The van der Waals surface area contributed by atoms with Crippen LogP contribution in [0.3, 0.4) is 0 Å². The average Bonchev–Trinajstić information content (AvgIpc) is 2.36. The van der Waals surface area contributed by atoms with Crippen molar-refractivity contribution >= 4 is 17.3 Å². The zero-order valence-electron chi connectivity index (χ0n) is 12.0. The van der Waals surface area contributed by atoms with Crippen molar-refractivity contribution in [3.63, 3.8) is 0 Å². The molecule has 104 valence electrons. The zero-order chi connectivity index (χ0) is 14.3. The van der Waals surface area contributed by atoms with E-state index in [9.17, 15) is 4.79 Å². The lowest BCUT2D eigenvalue weighted by atomic mass is 10.2. The smallest absolute Gasteiger partial charge is 0.271 e. The van der Waals surface area contributed by atoms with Crippen molar-refractivity contribution in [2.24, 2.45) is 5.10 Å². The Morgan fingerprint density at radius 2 is 1.84 bits per heavy atom. The highest BCUT2D eigenvalue weighted by molar-refractivity contribution is 5.95. The number of hydrazone groups is 1. The van der Waals surface area contributed by atoms with Crippen LogP contribution in [0.1, 0.15) is 24.2 Å². The molecule has 1 aromatic rings. The van der Waals surface area contributed by atoms with Crippen molar-refractivity contribution in [1.29, 1.82) is 0 Å². The summed E-state index contributed by atoms with van der Waals surface area (Å²) in [7, 11) is 4.07. The minimum atomic E-state index is -0.193. The Morgan fingerprint density at radius 3 is 2.37 bits per heavy atom. The zero-order valence-corrected chi connectivity index (χ0v) is 12.0. The van der Waals surface area contributed by atoms with Crippen molar-refractivity contribution in [2.45, 2.75) is 13.8 Å². The van der Waals surface area contributed by atoms with E-state index >= 15 is 0 Å². The largest absolute Gasteiger partial charge is 0.384 e. The van der Waals surface area contributed by atoms with Crippen LogP contribution in [0.25, 0.3) is 0 Å². The average molecular weight is 262 g/mol. The van der Waals surface area contributed by atoms with Gasteiger partial charge in [-0.05, 0) is 52.2 Å². The van der Waals surface area contributed by atoms with Crippen LogP contribution in [0.2, 0.25) is 0 Å². The Kier molecular flexibility index (Phi) is 6.02. The second kappa shape index (κ2) is 7.53. The van der Waals surface area contributed by atoms with Crippen LogP contribution in [0, 0.1) is 0 Å². The van der Waals surface area contributed by atoms with Crippen LogP contribution in [-0.4, -0.2) is 43.7 Å². The molecule has 0 saturated carbocycles. The Morgan fingerprint density at radius 1 is 1.21 bits per heavy atom. The van der Waals surface area contributed by atoms with E-state index < -0.39 is 0 Å². The highest BCUT2D eigenvalue weighted by Gasteiger charge is 2.03. The highest BCUT2D eigenvalue weighted by atomic mass is 16.2. The lowest BCUT2D eigenvalue weighted by molar-refractivity contribution is 0.0955. The van der Waals surface area contributed by atoms with E-state index in [1.807, 2.05) is 40.1 Å². The molecule has 0 saturated heterocycles. The summed E-state index contributed by atoms with van der Waals surface area (Å²) in [5.41, 5.74) is 4.92. The molecular weight excluding hydrogens is 240 g/mol. The van der Waals surface area contributed by atoms with Crippen LogP contribution in [0.15, 0.2) is 29.4 Å². The third-order valence-corrected chi connectivity index (χ3v) is 2.42. The molecule has 5 heteroatoms. The molecule has 0 aliphatic carbocycles. The van der Waals surface area contributed by atoms with Gasteiger partial charge < -0.3 is 10.2 Å². The van der Waals surface area contributed by atoms with Crippen LogP contribution in [0.5, 0.6) is 0 Å². The Hall–Kier alpha value is -1.88. The minimum absolute atomic E-state index is 0.193. The summed E-state index contributed by atoms with van der Waals surface area (Å²) in [4.78, 5) is 13.8. The molecule has 2 N–H and O–H groups in total. The molecule has 1 aromatic carbocycles. The summed E-state index contributed by atoms with van der Waals surface area (Å²) in [6.07, 6.45) is 0. The van der Waals surface area contributed by atoms with Crippen LogP contribution < -0.4 is 10.7 Å². The number of likely N-dealkylation sites (N-methyl/N-ethyl adjacent to an activating group) is 1. The minimum Gasteiger partial charge on any atom is -0.384 e. The highest BCUT2D eigenvalue weighted by Crippen LogP contribution is 2.09. The van der Waals surface area contributed by atoms with Gasteiger partial charge in [-0.2, -0.15) is 5.10 Å². The van der Waals surface area contributed by atoms with Gasteiger partial charge in [0.2, 0.25) is 0 Å². The first-order valence-electron chi connectivity index (χ1n) is 6.29. The number of amides is 1. The van der Waals surface area contributed by atoms with Gasteiger partial charge in [0.1, 0.15) is 0 Å². The molecule has 0 spiro atoms. The number of anilines is 1. The summed E-state index contributed by atoms with van der Waals surface area (Å²) in [5.74, 6) is -0.193. The van der Waals surface area contributed by atoms with Gasteiger partial charge in [0, 0.05) is 30.1 Å². The predicted octanol–water partition coefficient (Wildman–Crippen LogP) is 1.79. The van der Waals surface area contributed by atoms with E-state index in [0.29, 0.717) is 5.56 Å². The van der Waals surface area contributed by atoms with Crippen molar-refractivity contribution in [1.82, 2.24) is 10.3 Å². The van der Waals surface area contributed by atoms with Crippen molar-refractivity contribution < 1.29 is 4.79 Å². The molecule has 0 fully saturated rings. The molecule has 1 amide bonds. The molecule has 19 heavy (non-hydrogen) atoms. The maximum Gasteiger partial charge on any atom is 0.271 e. The molecule has 0 radical (unpaired) electrons. The number of hydrogen-bond acceptors (Lipinski definition) is 4. The second-order valence-corrected chi connectivity index (χ2v) is 4.81. The van der Waals surface area contributed by atoms with Crippen molar-refractivity contribution in [3.05, 3.63) is 29.8 Å². The van der Waals surface area contributed by atoms with Crippen LogP contribution in [0.4, 0.5) is 5.69 Å². The maximum absolute atomic E-state index is 11.7. The fourth-order valence-electron chi connectivity index (χ4n) is 1.39. The molecule has 0 bridgehead atoms. The molecule has 0 aliphatic rings. The summed E-state index contributed by atoms with van der Waals surface area (Å²) in [5, 5.41) is 7.18. The Bertz CT molecular complexity index is 433. The fraction of sp³-hybridized carbons (Fsp3) is 0.429. The first-order valence-corrected chi connectivity index (χ1v) is 6.29. The van der Waals surface area contributed by atoms with Crippen molar-refractivity contribution in [2.75, 3.05) is 32.5 Å². The van der Waals surface area contributed by atoms with Gasteiger partial charge in [0.25, 0.3) is 5.91 Å². The molecule has 0 atom stereocenters. The SMILES string of the molecule is CC(C)=NNC(=O)c1ccc(NCCN(C)C)cc1. The van der Waals surface area contributed by atoms with Gasteiger partial charge in [0.15, 0.2) is 0 Å². The number of carbonyl (C=O) groups is 1. The van der Waals surface area contributed by atoms with E-state index in [1.165, 1.54) is 0 Å². The fourth-order valence-corrected chi connectivity index (χ4v) is 1.39. The number of nitrogens with one attached hydrogen (secondary N) is 2.